The van der Waals surface area contributed by atoms with Crippen LogP contribution in [-0.2, 0) is 28.4 Å². The molecule has 1 aromatic rings. The average Bonchev–Trinajstić information content (AvgIpc) is 2.99. The van der Waals surface area contributed by atoms with E-state index in [0.29, 0.717) is 0 Å². The smallest absolute Gasteiger partial charge is 0.319 e. The molecule has 16 heavy (non-hydrogen) atoms. The number of methoxy groups -OCH3 is 1. The zero-order chi connectivity index (χ0) is 11.8. The lowest BCUT2D eigenvalue weighted by atomic mass is 10.1. The normalized spacial score (nSPS) is 17.2. The topological polar surface area (TPSA) is 57.0 Å². The molecule has 1 heterocycles. The van der Waals surface area contributed by atoms with Gasteiger partial charge in [-0.1, -0.05) is 6.92 Å². The van der Waals surface area contributed by atoms with Gasteiger partial charge in [0.15, 0.2) is 5.82 Å². The van der Waals surface area contributed by atoms with Gasteiger partial charge in [-0.05, 0) is 19.3 Å². The predicted octanol–water partition coefficient (Wildman–Crippen LogP) is 0.972. The number of hydrogen-bond acceptors (Lipinski definition) is 4. The van der Waals surface area contributed by atoms with E-state index < -0.39 is 5.41 Å². The number of aryl methyl sites for hydroxylation is 2. The molecule has 1 aliphatic carbocycles. The van der Waals surface area contributed by atoms with E-state index in [1.54, 1.807) is 4.68 Å². The first-order chi connectivity index (χ1) is 7.64. The van der Waals surface area contributed by atoms with Crippen LogP contribution in [0.2, 0.25) is 0 Å². The van der Waals surface area contributed by atoms with Crippen LogP contribution < -0.4 is 0 Å². The summed E-state index contributed by atoms with van der Waals surface area (Å²) in [4.78, 5) is 16.2. The zero-order valence-corrected chi connectivity index (χ0v) is 9.99. The van der Waals surface area contributed by atoms with Crippen molar-refractivity contribution >= 4 is 5.97 Å². The number of ether oxygens (including phenoxy) is 1. The summed E-state index contributed by atoms with van der Waals surface area (Å²) in [5.74, 6) is 1.38. The Morgan fingerprint density at radius 1 is 1.56 bits per heavy atom. The number of nitrogens with zero attached hydrogens (tertiary/aromatic N) is 3. The molecule has 0 aromatic carbocycles. The first-order valence-electron chi connectivity index (χ1n) is 5.63. The molecule has 5 heteroatoms. The van der Waals surface area contributed by atoms with Crippen molar-refractivity contribution < 1.29 is 9.53 Å². The number of carbonyl (C=O) groups excluding carboxylic acids is 1. The Balaban J connectivity index is 2.30. The molecule has 5 nitrogen and oxygen atoms in total. The lowest BCUT2D eigenvalue weighted by molar-refractivity contribution is -0.144. The second-order valence-corrected chi connectivity index (χ2v) is 4.30. The van der Waals surface area contributed by atoms with Crippen molar-refractivity contribution in [2.45, 2.75) is 38.0 Å². The Morgan fingerprint density at radius 3 is 2.75 bits per heavy atom. The Bertz CT molecular complexity index is 407. The number of aromatic nitrogens is 3. The summed E-state index contributed by atoms with van der Waals surface area (Å²) < 4.78 is 6.55. The number of esters is 1. The minimum atomic E-state index is -0.511. The summed E-state index contributed by atoms with van der Waals surface area (Å²) in [5, 5.41) is 4.32. The van der Waals surface area contributed by atoms with Crippen LogP contribution in [0.4, 0.5) is 0 Å². The molecule has 0 unspecified atom stereocenters. The molecule has 0 saturated heterocycles. The van der Waals surface area contributed by atoms with E-state index in [1.807, 2.05) is 7.05 Å². The maximum Gasteiger partial charge on any atom is 0.319 e. The molecule has 1 aromatic heterocycles. The standard InChI is InChI=1S/C11H17N3O2/c1-4-5-8-12-9(14(2)13-8)11(6-7-11)10(15)16-3/h4-7H2,1-3H3. The number of rotatable bonds is 4. The third kappa shape index (κ3) is 1.60. The highest BCUT2D eigenvalue weighted by Crippen LogP contribution is 2.48. The van der Waals surface area contributed by atoms with E-state index in [0.717, 1.165) is 37.3 Å². The van der Waals surface area contributed by atoms with E-state index in [4.69, 9.17) is 4.74 Å². The molecule has 2 rings (SSSR count). The molecule has 0 amide bonds. The van der Waals surface area contributed by atoms with Gasteiger partial charge in [0.1, 0.15) is 11.2 Å². The third-order valence-corrected chi connectivity index (χ3v) is 3.03. The first-order valence-corrected chi connectivity index (χ1v) is 5.63. The van der Waals surface area contributed by atoms with Crippen LogP contribution in [0.15, 0.2) is 0 Å². The first kappa shape index (κ1) is 11.1. The second kappa shape index (κ2) is 3.88. The molecule has 0 N–H and O–H groups in total. The Hall–Kier alpha value is -1.39. The van der Waals surface area contributed by atoms with Crippen LogP contribution in [0.5, 0.6) is 0 Å². The summed E-state index contributed by atoms with van der Waals surface area (Å²) in [6.07, 6.45) is 3.50. The summed E-state index contributed by atoms with van der Waals surface area (Å²) in [6.45, 7) is 2.09. The number of hydrogen-bond donors (Lipinski definition) is 0. The van der Waals surface area contributed by atoms with Crippen LogP contribution in [0.3, 0.4) is 0 Å². The molecule has 0 aliphatic heterocycles. The zero-order valence-electron chi connectivity index (χ0n) is 9.99. The summed E-state index contributed by atoms with van der Waals surface area (Å²) in [6, 6.07) is 0. The van der Waals surface area contributed by atoms with Gasteiger partial charge in [-0.2, -0.15) is 5.10 Å². The van der Waals surface area contributed by atoms with Gasteiger partial charge >= 0.3 is 5.97 Å². The van der Waals surface area contributed by atoms with Crippen molar-refractivity contribution in [1.29, 1.82) is 0 Å². The van der Waals surface area contributed by atoms with Crippen molar-refractivity contribution in [3.63, 3.8) is 0 Å². The maximum atomic E-state index is 11.7. The molecular weight excluding hydrogens is 206 g/mol. The molecule has 1 aliphatic rings. The highest BCUT2D eigenvalue weighted by Gasteiger charge is 2.56. The molecule has 1 saturated carbocycles. The summed E-state index contributed by atoms with van der Waals surface area (Å²) in [7, 11) is 3.26. The molecule has 0 atom stereocenters. The van der Waals surface area contributed by atoms with Gasteiger partial charge in [-0.15, -0.1) is 0 Å². The predicted molar refractivity (Wildman–Crippen MR) is 57.9 cm³/mol. The molecule has 0 spiro atoms. The highest BCUT2D eigenvalue weighted by molar-refractivity contribution is 5.85. The van der Waals surface area contributed by atoms with E-state index in [2.05, 4.69) is 17.0 Å². The van der Waals surface area contributed by atoms with Gasteiger partial charge in [0.25, 0.3) is 0 Å². The second-order valence-electron chi connectivity index (χ2n) is 4.30. The SMILES string of the molecule is CCCc1nc(C2(C(=O)OC)CC2)n(C)n1. The highest BCUT2D eigenvalue weighted by atomic mass is 16.5. The Labute approximate surface area is 94.8 Å². The quantitative estimate of drug-likeness (QED) is 0.714. The fourth-order valence-corrected chi connectivity index (χ4v) is 2.02. The molecule has 88 valence electrons. The Morgan fingerprint density at radius 2 is 2.25 bits per heavy atom. The van der Waals surface area contributed by atoms with Crippen LogP contribution in [0, 0.1) is 0 Å². The van der Waals surface area contributed by atoms with E-state index in [-0.39, 0.29) is 5.97 Å². The van der Waals surface area contributed by atoms with Gasteiger partial charge in [0, 0.05) is 13.5 Å². The van der Waals surface area contributed by atoms with Crippen LogP contribution >= 0.6 is 0 Å². The van der Waals surface area contributed by atoms with Crippen LogP contribution in [0.1, 0.15) is 37.8 Å². The Kier molecular flexibility index (Phi) is 2.69. The lowest BCUT2D eigenvalue weighted by Gasteiger charge is -2.10. The average molecular weight is 223 g/mol. The lowest BCUT2D eigenvalue weighted by Crippen LogP contribution is -2.25. The minimum absolute atomic E-state index is 0.189. The largest absolute Gasteiger partial charge is 0.468 e. The fourth-order valence-electron chi connectivity index (χ4n) is 2.02. The van der Waals surface area contributed by atoms with Gasteiger partial charge in [-0.3, -0.25) is 9.48 Å². The van der Waals surface area contributed by atoms with Crippen molar-refractivity contribution in [3.8, 4) is 0 Å². The van der Waals surface area contributed by atoms with Crippen LogP contribution in [-0.4, -0.2) is 27.8 Å². The number of carbonyl (C=O) groups is 1. The van der Waals surface area contributed by atoms with Crippen molar-refractivity contribution in [2.24, 2.45) is 7.05 Å². The molecular formula is C11H17N3O2. The third-order valence-electron chi connectivity index (χ3n) is 3.03. The molecule has 1 fully saturated rings. The van der Waals surface area contributed by atoms with E-state index >= 15 is 0 Å². The van der Waals surface area contributed by atoms with Crippen LogP contribution in [0.25, 0.3) is 0 Å². The van der Waals surface area contributed by atoms with Crippen molar-refractivity contribution in [3.05, 3.63) is 11.6 Å². The maximum absolute atomic E-state index is 11.7. The minimum Gasteiger partial charge on any atom is -0.468 e. The van der Waals surface area contributed by atoms with E-state index in [1.165, 1.54) is 7.11 Å². The van der Waals surface area contributed by atoms with Gasteiger partial charge in [-0.25, -0.2) is 4.98 Å². The van der Waals surface area contributed by atoms with Gasteiger partial charge in [0.2, 0.25) is 0 Å². The molecule has 0 radical (unpaired) electrons. The van der Waals surface area contributed by atoms with Crippen molar-refractivity contribution in [1.82, 2.24) is 14.8 Å². The van der Waals surface area contributed by atoms with Crippen molar-refractivity contribution in [2.75, 3.05) is 7.11 Å². The molecule has 0 bridgehead atoms. The van der Waals surface area contributed by atoms with E-state index in [9.17, 15) is 4.79 Å². The fraction of sp³-hybridized carbons (Fsp3) is 0.727. The summed E-state index contributed by atoms with van der Waals surface area (Å²) in [5.41, 5.74) is -0.511. The summed E-state index contributed by atoms with van der Waals surface area (Å²) >= 11 is 0. The van der Waals surface area contributed by atoms with Gasteiger partial charge < -0.3 is 4.74 Å². The van der Waals surface area contributed by atoms with Gasteiger partial charge in [0.05, 0.1) is 7.11 Å². The monoisotopic (exact) mass is 223 g/mol.